The molecule has 0 heterocycles. The van der Waals surface area contributed by atoms with Gasteiger partial charge in [0.25, 0.3) is 0 Å². The lowest BCUT2D eigenvalue weighted by Gasteiger charge is -2.19. The zero-order chi connectivity index (χ0) is 17.5. The molecule has 6 nitrogen and oxygen atoms in total. The predicted molar refractivity (Wildman–Crippen MR) is 92.9 cm³/mol. The maximum Gasteiger partial charge on any atom is 0.407 e. The lowest BCUT2D eigenvalue weighted by Crippen LogP contribution is -2.33. The Hall–Kier alpha value is -1.47. The van der Waals surface area contributed by atoms with Crippen molar-refractivity contribution in [3.63, 3.8) is 0 Å². The SMILES string of the molecule is COc1cc(CNCCCNC(=O)OC(C)(C)C)cc(Br)c1O. The minimum absolute atomic E-state index is 0.0952. The molecule has 0 radical (unpaired) electrons. The van der Waals surface area contributed by atoms with E-state index in [2.05, 4.69) is 26.6 Å². The number of methoxy groups -OCH3 is 1. The van der Waals surface area contributed by atoms with Gasteiger partial charge in [-0.2, -0.15) is 0 Å². The van der Waals surface area contributed by atoms with Gasteiger partial charge in [-0.1, -0.05) is 0 Å². The van der Waals surface area contributed by atoms with Crippen LogP contribution in [0.15, 0.2) is 16.6 Å². The topological polar surface area (TPSA) is 79.8 Å². The van der Waals surface area contributed by atoms with Crippen LogP contribution in [0.5, 0.6) is 11.5 Å². The van der Waals surface area contributed by atoms with Crippen molar-refractivity contribution in [1.29, 1.82) is 0 Å². The number of phenolic OH excluding ortho intramolecular Hbond substituents is 1. The highest BCUT2D eigenvalue weighted by atomic mass is 79.9. The van der Waals surface area contributed by atoms with E-state index in [0.29, 0.717) is 23.3 Å². The number of nitrogens with one attached hydrogen (secondary N) is 2. The Bertz CT molecular complexity index is 530. The highest BCUT2D eigenvalue weighted by molar-refractivity contribution is 9.10. The zero-order valence-corrected chi connectivity index (χ0v) is 15.6. The average Bonchev–Trinajstić information content (AvgIpc) is 2.44. The average molecular weight is 389 g/mol. The molecule has 1 rings (SSSR count). The first kappa shape index (κ1) is 19.6. The molecule has 3 N–H and O–H groups in total. The van der Waals surface area contributed by atoms with Crippen LogP contribution in [0.2, 0.25) is 0 Å². The third-order valence-electron chi connectivity index (χ3n) is 2.84. The minimum Gasteiger partial charge on any atom is -0.503 e. The standard InChI is InChI=1S/C16H25BrN2O4/c1-16(2,3)23-15(21)19-7-5-6-18-10-11-8-12(17)14(20)13(9-11)22-4/h8-9,18,20H,5-7,10H2,1-4H3,(H,19,21). The largest absolute Gasteiger partial charge is 0.503 e. The molecule has 0 unspecified atom stereocenters. The Balaban J connectivity index is 2.26. The number of rotatable bonds is 7. The number of halogens is 1. The monoisotopic (exact) mass is 388 g/mol. The fourth-order valence-corrected chi connectivity index (χ4v) is 2.33. The second-order valence-corrected chi connectivity index (χ2v) is 6.94. The van der Waals surface area contributed by atoms with Gasteiger partial charge in [0.05, 0.1) is 11.6 Å². The Labute approximate surface area is 145 Å². The number of carbonyl (C=O) groups is 1. The van der Waals surface area contributed by atoms with E-state index >= 15 is 0 Å². The summed E-state index contributed by atoms with van der Waals surface area (Å²) in [6.45, 7) is 7.43. The van der Waals surface area contributed by atoms with Crippen molar-refractivity contribution < 1.29 is 19.4 Å². The summed E-state index contributed by atoms with van der Waals surface area (Å²) < 4.78 is 10.9. The summed E-state index contributed by atoms with van der Waals surface area (Å²) in [4.78, 5) is 11.5. The normalized spacial score (nSPS) is 11.2. The molecular formula is C16H25BrN2O4. The van der Waals surface area contributed by atoms with Crippen LogP contribution in [0, 0.1) is 0 Å². The second kappa shape index (κ2) is 8.98. The number of benzene rings is 1. The van der Waals surface area contributed by atoms with Crippen LogP contribution in [-0.2, 0) is 11.3 Å². The van der Waals surface area contributed by atoms with Crippen LogP contribution in [0.4, 0.5) is 4.79 Å². The highest BCUT2D eigenvalue weighted by Crippen LogP contribution is 2.35. The van der Waals surface area contributed by atoms with E-state index in [1.165, 1.54) is 7.11 Å². The van der Waals surface area contributed by atoms with Gasteiger partial charge >= 0.3 is 6.09 Å². The molecule has 0 bridgehead atoms. The third-order valence-corrected chi connectivity index (χ3v) is 3.44. The number of amides is 1. The fourth-order valence-electron chi connectivity index (χ4n) is 1.84. The van der Waals surface area contributed by atoms with Crippen molar-refractivity contribution in [3.05, 3.63) is 22.2 Å². The van der Waals surface area contributed by atoms with Gasteiger partial charge < -0.3 is 25.2 Å². The summed E-state index contributed by atoms with van der Waals surface area (Å²) in [5, 5.41) is 15.7. The van der Waals surface area contributed by atoms with E-state index in [9.17, 15) is 9.90 Å². The lowest BCUT2D eigenvalue weighted by atomic mass is 10.2. The molecule has 0 spiro atoms. The first-order chi connectivity index (χ1) is 10.7. The maximum absolute atomic E-state index is 11.5. The molecule has 0 saturated carbocycles. The van der Waals surface area contributed by atoms with Crippen LogP contribution in [0.1, 0.15) is 32.8 Å². The van der Waals surface area contributed by atoms with Crippen molar-refractivity contribution >= 4 is 22.0 Å². The smallest absolute Gasteiger partial charge is 0.407 e. The first-order valence-electron chi connectivity index (χ1n) is 7.46. The van der Waals surface area contributed by atoms with Crippen LogP contribution in [0.25, 0.3) is 0 Å². The van der Waals surface area contributed by atoms with Gasteiger partial charge in [0.15, 0.2) is 11.5 Å². The molecule has 0 aliphatic rings. The van der Waals surface area contributed by atoms with E-state index in [0.717, 1.165) is 18.5 Å². The van der Waals surface area contributed by atoms with E-state index in [4.69, 9.17) is 9.47 Å². The molecule has 23 heavy (non-hydrogen) atoms. The van der Waals surface area contributed by atoms with E-state index in [-0.39, 0.29) is 5.75 Å². The molecule has 130 valence electrons. The maximum atomic E-state index is 11.5. The molecule has 0 aromatic heterocycles. The van der Waals surface area contributed by atoms with Crippen LogP contribution >= 0.6 is 15.9 Å². The van der Waals surface area contributed by atoms with Crippen LogP contribution < -0.4 is 15.4 Å². The van der Waals surface area contributed by atoms with Gasteiger partial charge in [0.1, 0.15) is 5.60 Å². The Morgan fingerprint density at radius 2 is 2.00 bits per heavy atom. The van der Waals surface area contributed by atoms with Crippen molar-refractivity contribution in [2.75, 3.05) is 20.2 Å². The summed E-state index contributed by atoms with van der Waals surface area (Å²) in [5.74, 6) is 0.528. The van der Waals surface area contributed by atoms with Gasteiger partial charge in [-0.15, -0.1) is 0 Å². The summed E-state index contributed by atoms with van der Waals surface area (Å²) in [6, 6.07) is 3.62. The van der Waals surface area contributed by atoms with Crippen molar-refractivity contribution in [2.45, 2.75) is 39.3 Å². The molecule has 0 atom stereocenters. The quantitative estimate of drug-likeness (QED) is 0.625. The summed E-state index contributed by atoms with van der Waals surface area (Å²) in [6.07, 6.45) is 0.389. The molecular weight excluding hydrogens is 364 g/mol. The lowest BCUT2D eigenvalue weighted by molar-refractivity contribution is 0.0527. The minimum atomic E-state index is -0.479. The number of phenols is 1. The van der Waals surface area contributed by atoms with E-state index in [1.807, 2.05) is 26.8 Å². The van der Waals surface area contributed by atoms with Gasteiger partial charge in [0, 0.05) is 13.1 Å². The van der Waals surface area contributed by atoms with Gasteiger partial charge in [0.2, 0.25) is 0 Å². The number of ether oxygens (including phenoxy) is 2. The zero-order valence-electron chi connectivity index (χ0n) is 14.0. The first-order valence-corrected chi connectivity index (χ1v) is 8.25. The number of alkyl carbamates (subject to hydrolysis) is 1. The van der Waals surface area contributed by atoms with E-state index in [1.54, 1.807) is 6.07 Å². The van der Waals surface area contributed by atoms with Crippen molar-refractivity contribution in [2.24, 2.45) is 0 Å². The number of hydrogen-bond acceptors (Lipinski definition) is 5. The predicted octanol–water partition coefficient (Wildman–Crippen LogP) is 3.17. The highest BCUT2D eigenvalue weighted by Gasteiger charge is 2.15. The van der Waals surface area contributed by atoms with Crippen molar-refractivity contribution in [1.82, 2.24) is 10.6 Å². The molecule has 1 aromatic rings. The molecule has 0 fully saturated rings. The molecule has 1 amide bonds. The summed E-state index contributed by atoms with van der Waals surface area (Å²) in [5.41, 5.74) is 0.514. The molecule has 7 heteroatoms. The van der Waals surface area contributed by atoms with Gasteiger partial charge in [-0.05, 0) is 67.4 Å². The molecule has 1 aromatic carbocycles. The van der Waals surface area contributed by atoms with Crippen molar-refractivity contribution in [3.8, 4) is 11.5 Å². The molecule has 0 aliphatic carbocycles. The third kappa shape index (κ3) is 7.56. The second-order valence-electron chi connectivity index (χ2n) is 6.09. The van der Waals surface area contributed by atoms with Crippen LogP contribution in [-0.4, -0.2) is 37.0 Å². The van der Waals surface area contributed by atoms with Gasteiger partial charge in [-0.3, -0.25) is 0 Å². The molecule has 0 saturated heterocycles. The Morgan fingerprint density at radius 3 is 2.61 bits per heavy atom. The number of hydrogen-bond donors (Lipinski definition) is 3. The Morgan fingerprint density at radius 1 is 1.30 bits per heavy atom. The van der Waals surface area contributed by atoms with Gasteiger partial charge in [-0.25, -0.2) is 4.79 Å². The van der Waals surface area contributed by atoms with Crippen LogP contribution in [0.3, 0.4) is 0 Å². The van der Waals surface area contributed by atoms with E-state index < -0.39 is 11.7 Å². The number of aromatic hydroxyl groups is 1. The summed E-state index contributed by atoms with van der Waals surface area (Å²) in [7, 11) is 1.51. The molecule has 0 aliphatic heterocycles. The fraction of sp³-hybridized carbons (Fsp3) is 0.562. The Kier molecular flexibility index (Phi) is 7.64. The number of carbonyl (C=O) groups excluding carboxylic acids is 1. The summed E-state index contributed by atoms with van der Waals surface area (Å²) >= 11 is 3.29.